The van der Waals surface area contributed by atoms with Crippen LogP contribution >= 0.6 is 23.2 Å². The Morgan fingerprint density at radius 3 is 2.50 bits per heavy atom. The van der Waals surface area contributed by atoms with Crippen molar-refractivity contribution in [3.8, 4) is 28.3 Å². The number of halogens is 3. The van der Waals surface area contributed by atoms with Gasteiger partial charge in [-0.05, 0) is 36.6 Å². The summed E-state index contributed by atoms with van der Waals surface area (Å²) in [6.07, 6.45) is 2.65. The molecule has 238 valence electrons. The molecule has 14 heteroatoms. The highest BCUT2D eigenvalue weighted by molar-refractivity contribution is 6.39. The van der Waals surface area contributed by atoms with E-state index in [0.717, 1.165) is 45.4 Å². The molecule has 0 spiro atoms. The van der Waals surface area contributed by atoms with Crippen LogP contribution in [0.4, 0.5) is 10.1 Å². The Labute approximate surface area is 271 Å². The molecule has 2 N–H and O–H groups in total. The number of carboxylic acid groups (broad SMARTS) is 1. The van der Waals surface area contributed by atoms with Crippen molar-refractivity contribution in [2.45, 2.75) is 18.9 Å². The van der Waals surface area contributed by atoms with Gasteiger partial charge < -0.3 is 19.7 Å². The zero-order chi connectivity index (χ0) is 33.0. The average molecular weight is 669 g/mol. The third-order valence-corrected chi connectivity index (χ3v) is 9.40. The van der Waals surface area contributed by atoms with E-state index in [1.54, 1.807) is 18.2 Å². The van der Waals surface area contributed by atoms with Crippen LogP contribution in [0.5, 0.6) is 5.88 Å². The van der Waals surface area contributed by atoms with Crippen molar-refractivity contribution >= 4 is 40.8 Å². The van der Waals surface area contributed by atoms with E-state index in [4.69, 9.17) is 32.9 Å². The fourth-order valence-electron chi connectivity index (χ4n) is 6.14. The SMILES string of the molecule is COc1nc(-c2cccc(-c3c(F)ccc(NC(=O)c4cn(C)c(=O)n(C)c4=O)c3Cl)c2Cl)cc2c1[C@@H](N1CC(C(=O)O)C1)CC2. The number of rotatable bonds is 7. The Morgan fingerprint density at radius 2 is 1.80 bits per heavy atom. The maximum absolute atomic E-state index is 15.4. The summed E-state index contributed by atoms with van der Waals surface area (Å²) in [6, 6.07) is 9.32. The molecule has 0 bridgehead atoms. The van der Waals surface area contributed by atoms with Gasteiger partial charge >= 0.3 is 11.7 Å². The van der Waals surface area contributed by atoms with Gasteiger partial charge in [-0.3, -0.25) is 23.9 Å². The highest BCUT2D eigenvalue weighted by atomic mass is 35.5. The van der Waals surface area contributed by atoms with Crippen molar-refractivity contribution in [3.05, 3.63) is 96.0 Å². The highest BCUT2D eigenvalue weighted by Gasteiger charge is 2.41. The molecule has 2 aromatic heterocycles. The number of nitrogens with zero attached hydrogens (tertiary/aromatic N) is 4. The Kier molecular flexibility index (Phi) is 8.21. The van der Waals surface area contributed by atoms with E-state index in [0.29, 0.717) is 30.2 Å². The van der Waals surface area contributed by atoms with E-state index >= 15 is 4.39 Å². The number of amides is 1. The number of carboxylic acids is 1. The van der Waals surface area contributed by atoms with Crippen molar-refractivity contribution in [1.82, 2.24) is 19.0 Å². The summed E-state index contributed by atoms with van der Waals surface area (Å²) in [5.74, 6) is -2.31. The molecule has 3 heterocycles. The number of fused-ring (bicyclic) bond motifs is 1. The lowest BCUT2D eigenvalue weighted by molar-refractivity contribution is -0.148. The summed E-state index contributed by atoms with van der Waals surface area (Å²) in [5, 5.41) is 11.9. The Morgan fingerprint density at radius 1 is 1.09 bits per heavy atom. The zero-order valence-corrected chi connectivity index (χ0v) is 26.4. The van der Waals surface area contributed by atoms with Gasteiger partial charge in [0.1, 0.15) is 11.4 Å². The van der Waals surface area contributed by atoms with Crippen LogP contribution in [0.25, 0.3) is 22.4 Å². The lowest BCUT2D eigenvalue weighted by Crippen LogP contribution is -2.51. The van der Waals surface area contributed by atoms with Crippen LogP contribution in [0, 0.1) is 11.7 Å². The summed E-state index contributed by atoms with van der Waals surface area (Å²) in [7, 11) is 4.19. The predicted octanol–water partition coefficient (Wildman–Crippen LogP) is 4.52. The van der Waals surface area contributed by atoms with Crippen LogP contribution in [0.15, 0.2) is 52.2 Å². The number of benzene rings is 2. The first-order valence-corrected chi connectivity index (χ1v) is 15.1. The minimum Gasteiger partial charge on any atom is -0.481 e. The van der Waals surface area contributed by atoms with Gasteiger partial charge in [0.2, 0.25) is 5.88 Å². The van der Waals surface area contributed by atoms with Crippen molar-refractivity contribution < 1.29 is 23.8 Å². The second kappa shape index (κ2) is 12.0. The maximum Gasteiger partial charge on any atom is 0.330 e. The minimum atomic E-state index is -0.833. The fourth-order valence-corrected chi connectivity index (χ4v) is 6.76. The van der Waals surface area contributed by atoms with Gasteiger partial charge in [-0.1, -0.05) is 41.4 Å². The van der Waals surface area contributed by atoms with Crippen molar-refractivity contribution in [2.24, 2.45) is 20.0 Å². The highest BCUT2D eigenvalue weighted by Crippen LogP contribution is 2.47. The van der Waals surface area contributed by atoms with Crippen molar-refractivity contribution in [1.29, 1.82) is 0 Å². The summed E-state index contributed by atoms with van der Waals surface area (Å²) in [5.41, 5.74) is 1.43. The molecule has 1 saturated heterocycles. The Bertz CT molecular complexity index is 2060. The lowest BCUT2D eigenvalue weighted by atomic mass is 9.95. The summed E-state index contributed by atoms with van der Waals surface area (Å²) < 4.78 is 23.0. The number of carbonyl (C=O) groups is 2. The molecule has 1 fully saturated rings. The molecule has 1 aliphatic heterocycles. The third-order valence-electron chi connectivity index (χ3n) is 8.60. The first-order valence-electron chi connectivity index (χ1n) is 14.3. The number of methoxy groups -OCH3 is 1. The van der Waals surface area contributed by atoms with Crippen LogP contribution in [0.2, 0.25) is 10.0 Å². The summed E-state index contributed by atoms with van der Waals surface area (Å²) >= 11 is 13.6. The van der Waals surface area contributed by atoms with Gasteiger partial charge in [0.25, 0.3) is 11.5 Å². The predicted molar refractivity (Wildman–Crippen MR) is 170 cm³/mol. The quantitative estimate of drug-likeness (QED) is 0.294. The minimum absolute atomic E-state index is 0.00397. The Balaban J connectivity index is 1.35. The molecular weight excluding hydrogens is 640 g/mol. The van der Waals surface area contributed by atoms with Gasteiger partial charge in [-0.25, -0.2) is 14.2 Å². The van der Waals surface area contributed by atoms with Crippen LogP contribution in [-0.4, -0.2) is 56.2 Å². The van der Waals surface area contributed by atoms with E-state index in [1.807, 2.05) is 6.07 Å². The standard InChI is InChI=1S/C32H28Cl2FN5O6/c1-38-14-19(30(42)39(2)32(38)45)28(41)36-21-9-8-20(35)25(27(21)34)18-6-4-5-17(26(18)33)22-11-15-7-10-23(24(15)29(37-22)46-3)40-12-16(13-40)31(43)44/h4-6,8-9,11,14,16,23H,7,10,12-13H2,1-3H3,(H,36,41)(H,43,44)/t23-/m0/s1. The van der Waals surface area contributed by atoms with Gasteiger partial charge in [0, 0.05) is 61.7 Å². The molecule has 46 heavy (non-hydrogen) atoms. The third kappa shape index (κ3) is 5.25. The molecule has 0 unspecified atom stereocenters. The molecule has 0 radical (unpaired) electrons. The molecule has 4 aromatic rings. The van der Waals surface area contributed by atoms with E-state index in [9.17, 15) is 24.3 Å². The zero-order valence-electron chi connectivity index (χ0n) is 24.9. The second-order valence-electron chi connectivity index (χ2n) is 11.3. The van der Waals surface area contributed by atoms with Crippen LogP contribution in [0.1, 0.15) is 33.9 Å². The monoisotopic (exact) mass is 667 g/mol. The smallest absolute Gasteiger partial charge is 0.330 e. The number of ether oxygens (including phenoxy) is 1. The number of aliphatic carboxylic acids is 1. The number of pyridine rings is 1. The number of aryl methyl sites for hydroxylation is 2. The summed E-state index contributed by atoms with van der Waals surface area (Å²) in [6.45, 7) is 0.928. The van der Waals surface area contributed by atoms with Crippen LogP contribution < -0.4 is 21.3 Å². The molecular formula is C32H28Cl2FN5O6. The average Bonchev–Trinajstić information content (AvgIpc) is 3.42. The van der Waals surface area contributed by atoms with Gasteiger partial charge in [-0.2, -0.15) is 0 Å². The van der Waals surface area contributed by atoms with E-state index < -0.39 is 28.9 Å². The number of hydrogen-bond acceptors (Lipinski definition) is 7. The molecule has 1 atom stereocenters. The number of carbonyl (C=O) groups excluding carboxylic acids is 1. The molecule has 6 rings (SSSR count). The van der Waals surface area contributed by atoms with E-state index in [-0.39, 0.29) is 44.4 Å². The molecule has 1 aliphatic carbocycles. The number of hydrogen-bond donors (Lipinski definition) is 2. The van der Waals surface area contributed by atoms with E-state index in [2.05, 4.69) is 10.2 Å². The molecule has 0 saturated carbocycles. The normalized spacial score (nSPS) is 16.2. The van der Waals surface area contributed by atoms with Gasteiger partial charge in [0.05, 0.1) is 34.5 Å². The largest absolute Gasteiger partial charge is 0.481 e. The first kappa shape index (κ1) is 31.5. The molecule has 2 aromatic carbocycles. The maximum atomic E-state index is 15.4. The van der Waals surface area contributed by atoms with Gasteiger partial charge in [0.15, 0.2) is 0 Å². The van der Waals surface area contributed by atoms with Crippen molar-refractivity contribution in [3.63, 3.8) is 0 Å². The summed E-state index contributed by atoms with van der Waals surface area (Å²) in [4.78, 5) is 55.9. The van der Waals surface area contributed by atoms with Crippen LogP contribution in [-0.2, 0) is 25.3 Å². The van der Waals surface area contributed by atoms with Crippen molar-refractivity contribution in [2.75, 3.05) is 25.5 Å². The van der Waals surface area contributed by atoms with Gasteiger partial charge in [-0.15, -0.1) is 0 Å². The number of likely N-dealkylation sites (tertiary alicyclic amines) is 1. The molecule has 11 nitrogen and oxygen atoms in total. The number of aromatic nitrogens is 3. The fraction of sp³-hybridized carbons (Fsp3) is 0.281. The number of nitrogens with one attached hydrogen (secondary N) is 1. The Hall–Kier alpha value is -4.52. The van der Waals surface area contributed by atoms with Crippen LogP contribution in [0.3, 0.4) is 0 Å². The second-order valence-corrected chi connectivity index (χ2v) is 12.1. The first-order chi connectivity index (χ1) is 21.9. The molecule has 2 aliphatic rings. The number of anilines is 1. The topological polar surface area (TPSA) is 136 Å². The van der Waals surface area contributed by atoms with E-state index in [1.165, 1.54) is 27.3 Å². The lowest BCUT2D eigenvalue weighted by Gasteiger charge is -2.41. The molecule has 1 amide bonds.